The van der Waals surface area contributed by atoms with Crippen LogP contribution in [0.15, 0.2) is 59.4 Å². The van der Waals surface area contributed by atoms with Crippen molar-refractivity contribution in [1.82, 2.24) is 24.9 Å². The molecule has 0 radical (unpaired) electrons. The first-order chi connectivity index (χ1) is 15.4. The molecule has 4 rings (SSSR count). The Morgan fingerprint density at radius 2 is 1.69 bits per heavy atom. The van der Waals surface area contributed by atoms with Crippen molar-refractivity contribution in [3.05, 3.63) is 87.5 Å². The molecule has 0 aliphatic carbocycles. The van der Waals surface area contributed by atoms with E-state index in [1.807, 2.05) is 75.4 Å². The molecule has 2 aromatic heterocycles. The minimum atomic E-state index is -0.744. The van der Waals surface area contributed by atoms with Crippen LogP contribution in [0.25, 0.3) is 16.6 Å². The van der Waals surface area contributed by atoms with E-state index >= 15 is 0 Å². The number of hydrogen-bond acceptors (Lipinski definition) is 4. The van der Waals surface area contributed by atoms with Gasteiger partial charge in [0.05, 0.1) is 22.5 Å². The van der Waals surface area contributed by atoms with Crippen molar-refractivity contribution < 1.29 is 4.79 Å². The van der Waals surface area contributed by atoms with Gasteiger partial charge in [-0.2, -0.15) is 10.2 Å². The molecular formula is C25H27N5O2. The Labute approximate surface area is 186 Å². The van der Waals surface area contributed by atoms with Crippen LogP contribution in [-0.4, -0.2) is 32.0 Å². The molecule has 0 unspecified atom stereocenters. The van der Waals surface area contributed by atoms with E-state index in [2.05, 4.69) is 15.5 Å². The molecule has 4 aromatic rings. The fraction of sp³-hybridized carbons (Fsp3) is 0.280. The zero-order chi connectivity index (χ0) is 22.8. The highest BCUT2D eigenvalue weighted by Gasteiger charge is 2.23. The van der Waals surface area contributed by atoms with Crippen molar-refractivity contribution in [1.29, 1.82) is 0 Å². The third kappa shape index (κ3) is 4.06. The van der Waals surface area contributed by atoms with Crippen LogP contribution in [0.3, 0.4) is 0 Å². The first kappa shape index (κ1) is 21.5. The Hall–Kier alpha value is -3.74. The Bertz CT molecular complexity index is 1320. The topological polar surface area (TPSA) is 81.8 Å². The number of aromatic nitrogens is 4. The van der Waals surface area contributed by atoms with Crippen molar-refractivity contribution in [2.24, 2.45) is 0 Å². The second kappa shape index (κ2) is 8.78. The summed E-state index contributed by atoms with van der Waals surface area (Å²) in [6.07, 6.45) is 0.722. The summed E-state index contributed by atoms with van der Waals surface area (Å²) in [4.78, 5) is 25.9. The predicted octanol–water partition coefficient (Wildman–Crippen LogP) is 3.43. The SMILES string of the molecule is Cc1ccc(-n2nc3c(=O)n([C@@H](C)C(=O)NCCc4ccccc4)nc(C)c3c2C)cc1. The molecule has 7 heteroatoms. The van der Waals surface area contributed by atoms with Gasteiger partial charge in [0.2, 0.25) is 5.91 Å². The second-order valence-electron chi connectivity index (χ2n) is 8.09. The Morgan fingerprint density at radius 3 is 2.38 bits per heavy atom. The van der Waals surface area contributed by atoms with Crippen LogP contribution in [-0.2, 0) is 11.2 Å². The molecule has 1 atom stereocenters. The molecule has 2 aromatic carbocycles. The van der Waals surface area contributed by atoms with Crippen molar-refractivity contribution in [3.63, 3.8) is 0 Å². The molecule has 0 fully saturated rings. The van der Waals surface area contributed by atoms with Gasteiger partial charge >= 0.3 is 0 Å². The number of fused-ring (bicyclic) bond motifs is 1. The van der Waals surface area contributed by atoms with Crippen LogP contribution in [0.5, 0.6) is 0 Å². The second-order valence-corrected chi connectivity index (χ2v) is 8.09. The monoisotopic (exact) mass is 429 g/mol. The average molecular weight is 430 g/mol. The molecule has 1 amide bonds. The lowest BCUT2D eigenvalue weighted by atomic mass is 10.1. The highest BCUT2D eigenvalue weighted by atomic mass is 16.2. The Kier molecular flexibility index (Phi) is 5.90. The maximum atomic E-state index is 13.2. The number of amides is 1. The number of hydrogen-bond donors (Lipinski definition) is 1. The van der Waals surface area contributed by atoms with Crippen LogP contribution in [0.1, 0.15) is 35.5 Å². The van der Waals surface area contributed by atoms with Gasteiger partial charge < -0.3 is 5.32 Å². The fourth-order valence-corrected chi connectivity index (χ4v) is 3.88. The van der Waals surface area contributed by atoms with E-state index in [9.17, 15) is 9.59 Å². The van der Waals surface area contributed by atoms with Gasteiger partial charge in [-0.3, -0.25) is 9.59 Å². The summed E-state index contributed by atoms with van der Waals surface area (Å²) in [7, 11) is 0. The van der Waals surface area contributed by atoms with Crippen molar-refractivity contribution in [2.45, 2.75) is 40.2 Å². The van der Waals surface area contributed by atoms with Gasteiger partial charge in [-0.05, 0) is 51.8 Å². The lowest BCUT2D eigenvalue weighted by molar-refractivity contribution is -0.124. The third-order valence-corrected chi connectivity index (χ3v) is 5.73. The molecule has 0 bridgehead atoms. The first-order valence-corrected chi connectivity index (χ1v) is 10.7. The number of aryl methyl sites for hydroxylation is 3. The van der Waals surface area contributed by atoms with E-state index in [4.69, 9.17) is 0 Å². The summed E-state index contributed by atoms with van der Waals surface area (Å²) in [6.45, 7) is 7.96. The van der Waals surface area contributed by atoms with Crippen LogP contribution in [0.4, 0.5) is 0 Å². The van der Waals surface area contributed by atoms with Crippen molar-refractivity contribution >= 4 is 16.8 Å². The number of carbonyl (C=O) groups excluding carboxylic acids is 1. The summed E-state index contributed by atoms with van der Waals surface area (Å²) in [5.74, 6) is -0.246. The van der Waals surface area contributed by atoms with Crippen LogP contribution < -0.4 is 10.9 Å². The van der Waals surface area contributed by atoms with Gasteiger partial charge in [-0.25, -0.2) is 9.36 Å². The molecule has 1 N–H and O–H groups in total. The van der Waals surface area contributed by atoms with E-state index in [0.29, 0.717) is 17.8 Å². The minimum Gasteiger partial charge on any atom is -0.354 e. The molecule has 2 heterocycles. The van der Waals surface area contributed by atoms with Gasteiger partial charge in [0.25, 0.3) is 5.56 Å². The Morgan fingerprint density at radius 1 is 1.00 bits per heavy atom. The van der Waals surface area contributed by atoms with Crippen LogP contribution in [0, 0.1) is 20.8 Å². The van der Waals surface area contributed by atoms with Crippen LogP contribution >= 0.6 is 0 Å². The lowest BCUT2D eigenvalue weighted by Gasteiger charge is -2.15. The lowest BCUT2D eigenvalue weighted by Crippen LogP contribution is -2.38. The molecule has 0 aliphatic rings. The summed E-state index contributed by atoms with van der Waals surface area (Å²) in [6, 6.07) is 17.2. The zero-order valence-corrected chi connectivity index (χ0v) is 18.8. The maximum absolute atomic E-state index is 13.2. The standard InChI is InChI=1S/C25H27N5O2/c1-16-10-12-21(13-11-16)29-18(3)22-17(2)27-30(25(32)23(22)28-29)19(4)24(31)26-15-14-20-8-6-5-7-9-20/h5-13,19H,14-15H2,1-4H3,(H,26,31)/t19-/m0/s1. The summed E-state index contributed by atoms with van der Waals surface area (Å²) in [5, 5.41) is 12.7. The molecular weight excluding hydrogens is 402 g/mol. The molecule has 0 saturated heterocycles. The van der Waals surface area contributed by atoms with Gasteiger partial charge in [-0.1, -0.05) is 48.0 Å². The highest BCUT2D eigenvalue weighted by Crippen LogP contribution is 2.22. The number of rotatable bonds is 6. The predicted molar refractivity (Wildman–Crippen MR) is 125 cm³/mol. The number of carbonyl (C=O) groups is 1. The number of nitrogens with one attached hydrogen (secondary N) is 1. The van der Waals surface area contributed by atoms with Gasteiger partial charge in [0.1, 0.15) is 6.04 Å². The normalized spacial score (nSPS) is 12.1. The molecule has 32 heavy (non-hydrogen) atoms. The van der Waals surface area contributed by atoms with Crippen molar-refractivity contribution in [3.8, 4) is 5.69 Å². The van der Waals surface area contributed by atoms with E-state index in [-0.39, 0.29) is 11.5 Å². The maximum Gasteiger partial charge on any atom is 0.295 e. The molecule has 0 aliphatic heterocycles. The van der Waals surface area contributed by atoms with E-state index in [1.165, 1.54) is 4.68 Å². The van der Waals surface area contributed by atoms with Gasteiger partial charge in [0, 0.05) is 6.54 Å². The van der Waals surface area contributed by atoms with E-state index in [0.717, 1.165) is 34.3 Å². The largest absolute Gasteiger partial charge is 0.354 e. The molecule has 7 nitrogen and oxygen atoms in total. The molecule has 0 spiro atoms. The minimum absolute atomic E-state index is 0.246. The smallest absolute Gasteiger partial charge is 0.295 e. The quantitative estimate of drug-likeness (QED) is 0.509. The van der Waals surface area contributed by atoms with E-state index in [1.54, 1.807) is 11.6 Å². The molecule has 0 saturated carbocycles. The number of benzene rings is 2. The third-order valence-electron chi connectivity index (χ3n) is 5.73. The highest BCUT2D eigenvalue weighted by molar-refractivity contribution is 5.84. The first-order valence-electron chi connectivity index (χ1n) is 10.7. The average Bonchev–Trinajstić information content (AvgIpc) is 3.15. The van der Waals surface area contributed by atoms with Gasteiger partial charge in [-0.15, -0.1) is 0 Å². The zero-order valence-electron chi connectivity index (χ0n) is 18.8. The van der Waals surface area contributed by atoms with Crippen LogP contribution in [0.2, 0.25) is 0 Å². The Balaban J connectivity index is 1.61. The molecule has 164 valence electrons. The van der Waals surface area contributed by atoms with Gasteiger partial charge in [0.15, 0.2) is 5.52 Å². The fourth-order valence-electron chi connectivity index (χ4n) is 3.88. The summed E-state index contributed by atoms with van der Waals surface area (Å²) >= 11 is 0. The van der Waals surface area contributed by atoms with Crippen molar-refractivity contribution in [2.75, 3.05) is 6.54 Å². The summed E-state index contributed by atoms with van der Waals surface area (Å²) < 4.78 is 3.00. The number of nitrogens with zero attached hydrogens (tertiary/aromatic N) is 4. The summed E-state index contributed by atoms with van der Waals surface area (Å²) in [5.41, 5.74) is 4.63. The van der Waals surface area contributed by atoms with E-state index < -0.39 is 6.04 Å².